The number of benzene rings is 2. The predicted molar refractivity (Wildman–Crippen MR) is 88.7 cm³/mol. The number of hydrogen-bond acceptors (Lipinski definition) is 2. The molecule has 0 aliphatic carbocycles. The van der Waals surface area contributed by atoms with Gasteiger partial charge in [-0.15, -0.1) is 0 Å². The molecule has 0 saturated carbocycles. The Morgan fingerprint density at radius 1 is 1.09 bits per heavy atom. The molecule has 4 rings (SSSR count). The Labute approximate surface area is 132 Å². The van der Waals surface area contributed by atoms with E-state index in [9.17, 15) is 0 Å². The molecule has 0 aliphatic rings. The molecule has 0 fully saturated rings. The molecule has 0 radical (unpaired) electrons. The molecule has 0 aliphatic heterocycles. The molecule has 5 heteroatoms. The SMILES string of the molecule is Cn1cnc(-c2cccc(Cl)c2)c1-c1ccc2cn[nH]c2c1. The molecule has 2 aromatic heterocycles. The summed E-state index contributed by atoms with van der Waals surface area (Å²) >= 11 is 6.12. The third-order valence-electron chi connectivity index (χ3n) is 3.75. The van der Waals surface area contributed by atoms with Crippen molar-refractivity contribution < 1.29 is 0 Å². The first-order valence-corrected chi connectivity index (χ1v) is 7.31. The largest absolute Gasteiger partial charge is 0.333 e. The summed E-state index contributed by atoms with van der Waals surface area (Å²) in [5, 5.41) is 8.88. The van der Waals surface area contributed by atoms with Gasteiger partial charge in [0.15, 0.2) is 0 Å². The van der Waals surface area contributed by atoms with E-state index in [0.29, 0.717) is 5.02 Å². The first-order chi connectivity index (χ1) is 10.7. The molecule has 4 aromatic rings. The first-order valence-electron chi connectivity index (χ1n) is 6.93. The molecule has 1 N–H and O–H groups in total. The second-order valence-electron chi connectivity index (χ2n) is 5.24. The average Bonchev–Trinajstić information content (AvgIpc) is 3.12. The van der Waals surface area contributed by atoms with Gasteiger partial charge in [-0.3, -0.25) is 5.10 Å². The van der Waals surface area contributed by atoms with Crippen molar-refractivity contribution in [3.63, 3.8) is 0 Å². The van der Waals surface area contributed by atoms with Gasteiger partial charge in [0.25, 0.3) is 0 Å². The molecular weight excluding hydrogens is 296 g/mol. The van der Waals surface area contributed by atoms with Crippen LogP contribution < -0.4 is 0 Å². The van der Waals surface area contributed by atoms with E-state index < -0.39 is 0 Å². The van der Waals surface area contributed by atoms with Crippen molar-refractivity contribution in [2.24, 2.45) is 7.05 Å². The van der Waals surface area contributed by atoms with Gasteiger partial charge in [-0.1, -0.05) is 35.9 Å². The van der Waals surface area contributed by atoms with Crippen LogP contribution in [0.25, 0.3) is 33.4 Å². The van der Waals surface area contributed by atoms with Crippen LogP contribution in [0.4, 0.5) is 0 Å². The lowest BCUT2D eigenvalue weighted by atomic mass is 10.0. The number of aryl methyl sites for hydroxylation is 1. The lowest BCUT2D eigenvalue weighted by molar-refractivity contribution is 0.921. The number of rotatable bonds is 2. The second-order valence-corrected chi connectivity index (χ2v) is 5.67. The highest BCUT2D eigenvalue weighted by atomic mass is 35.5. The van der Waals surface area contributed by atoms with Crippen molar-refractivity contribution in [2.75, 3.05) is 0 Å². The molecule has 0 bridgehead atoms. The third-order valence-corrected chi connectivity index (χ3v) is 3.99. The first kappa shape index (κ1) is 13.1. The zero-order valence-corrected chi connectivity index (χ0v) is 12.7. The van der Waals surface area contributed by atoms with Crippen LogP contribution in [0.15, 0.2) is 55.0 Å². The Morgan fingerprint density at radius 3 is 2.86 bits per heavy atom. The quantitative estimate of drug-likeness (QED) is 0.600. The highest BCUT2D eigenvalue weighted by Crippen LogP contribution is 2.32. The fourth-order valence-corrected chi connectivity index (χ4v) is 2.89. The molecule has 0 unspecified atom stereocenters. The molecule has 2 heterocycles. The van der Waals surface area contributed by atoms with E-state index in [1.807, 2.05) is 48.4 Å². The fourth-order valence-electron chi connectivity index (χ4n) is 2.70. The highest BCUT2D eigenvalue weighted by Gasteiger charge is 2.14. The van der Waals surface area contributed by atoms with E-state index in [1.165, 1.54) is 0 Å². The number of imidazole rings is 1. The normalized spacial score (nSPS) is 11.2. The van der Waals surface area contributed by atoms with Crippen LogP contribution in [-0.2, 0) is 7.05 Å². The Kier molecular flexibility index (Phi) is 2.98. The van der Waals surface area contributed by atoms with Gasteiger partial charge in [0.1, 0.15) is 0 Å². The second kappa shape index (κ2) is 5.00. The lowest BCUT2D eigenvalue weighted by Crippen LogP contribution is -1.91. The minimum absolute atomic E-state index is 0.707. The van der Waals surface area contributed by atoms with Crippen LogP contribution in [0.5, 0.6) is 0 Å². The maximum atomic E-state index is 6.12. The third kappa shape index (κ3) is 2.09. The molecule has 22 heavy (non-hydrogen) atoms. The maximum absolute atomic E-state index is 6.12. The number of halogens is 1. The molecule has 0 atom stereocenters. The van der Waals surface area contributed by atoms with Crippen LogP contribution in [-0.4, -0.2) is 19.7 Å². The number of aromatic nitrogens is 4. The molecule has 4 nitrogen and oxygen atoms in total. The minimum Gasteiger partial charge on any atom is -0.333 e. The van der Waals surface area contributed by atoms with Gasteiger partial charge in [-0.05, 0) is 18.2 Å². The monoisotopic (exact) mass is 308 g/mol. The summed E-state index contributed by atoms with van der Waals surface area (Å²) < 4.78 is 2.02. The lowest BCUT2D eigenvalue weighted by Gasteiger charge is -2.07. The highest BCUT2D eigenvalue weighted by molar-refractivity contribution is 6.30. The van der Waals surface area contributed by atoms with Crippen molar-refractivity contribution in [3.8, 4) is 22.5 Å². The Balaban J connectivity index is 1.93. The average molecular weight is 309 g/mol. The summed E-state index contributed by atoms with van der Waals surface area (Å²) in [6.45, 7) is 0. The van der Waals surface area contributed by atoms with Gasteiger partial charge in [0.05, 0.1) is 29.4 Å². The van der Waals surface area contributed by atoms with E-state index in [4.69, 9.17) is 11.6 Å². The molecule has 108 valence electrons. The number of aromatic amines is 1. The van der Waals surface area contributed by atoms with Crippen molar-refractivity contribution in [1.82, 2.24) is 19.7 Å². The molecule has 2 aromatic carbocycles. The zero-order chi connectivity index (χ0) is 15.1. The Morgan fingerprint density at radius 2 is 2.00 bits per heavy atom. The van der Waals surface area contributed by atoms with Gasteiger partial charge in [0, 0.05) is 28.6 Å². The van der Waals surface area contributed by atoms with Gasteiger partial charge >= 0.3 is 0 Å². The number of nitrogens with one attached hydrogen (secondary N) is 1. The zero-order valence-electron chi connectivity index (χ0n) is 11.9. The summed E-state index contributed by atoms with van der Waals surface area (Å²) in [4.78, 5) is 4.55. The molecule has 0 saturated heterocycles. The van der Waals surface area contributed by atoms with Gasteiger partial charge in [-0.2, -0.15) is 5.10 Å². The predicted octanol–water partition coefficient (Wildman–Crippen LogP) is 4.28. The van der Waals surface area contributed by atoms with Crippen LogP contribution in [0.2, 0.25) is 5.02 Å². The summed E-state index contributed by atoms with van der Waals surface area (Å²) in [5.41, 5.74) is 5.08. The van der Waals surface area contributed by atoms with Gasteiger partial charge in [-0.25, -0.2) is 4.98 Å². The standard InChI is InChI=1S/C17H13ClN4/c1-22-10-19-16(11-3-2-4-14(18)7-11)17(22)12-5-6-13-9-20-21-15(13)8-12/h2-10H,1H3,(H,20,21). The smallest absolute Gasteiger partial charge is 0.0963 e. The summed E-state index contributed by atoms with van der Waals surface area (Å²) in [6, 6.07) is 14.0. The van der Waals surface area contributed by atoms with Crippen molar-refractivity contribution in [2.45, 2.75) is 0 Å². The molecule has 0 amide bonds. The number of nitrogens with zero attached hydrogens (tertiary/aromatic N) is 3. The maximum Gasteiger partial charge on any atom is 0.0963 e. The van der Waals surface area contributed by atoms with Crippen molar-refractivity contribution >= 4 is 22.5 Å². The summed E-state index contributed by atoms with van der Waals surface area (Å²) in [6.07, 6.45) is 3.64. The van der Waals surface area contributed by atoms with Gasteiger partial charge in [0.2, 0.25) is 0 Å². The van der Waals surface area contributed by atoms with E-state index in [2.05, 4.69) is 33.4 Å². The van der Waals surface area contributed by atoms with Crippen LogP contribution in [0.3, 0.4) is 0 Å². The van der Waals surface area contributed by atoms with Crippen LogP contribution in [0.1, 0.15) is 0 Å². The topological polar surface area (TPSA) is 46.5 Å². The Hall–Kier alpha value is -2.59. The molecule has 0 spiro atoms. The van der Waals surface area contributed by atoms with Crippen LogP contribution >= 0.6 is 11.6 Å². The number of hydrogen-bond donors (Lipinski definition) is 1. The van der Waals surface area contributed by atoms with Crippen molar-refractivity contribution in [1.29, 1.82) is 0 Å². The molecular formula is C17H13ClN4. The van der Waals surface area contributed by atoms with Crippen LogP contribution in [0, 0.1) is 0 Å². The minimum atomic E-state index is 0.707. The number of H-pyrrole nitrogens is 1. The van der Waals surface area contributed by atoms with E-state index >= 15 is 0 Å². The van der Waals surface area contributed by atoms with E-state index in [0.717, 1.165) is 33.4 Å². The fraction of sp³-hybridized carbons (Fsp3) is 0.0588. The summed E-state index contributed by atoms with van der Waals surface area (Å²) in [5.74, 6) is 0. The van der Waals surface area contributed by atoms with E-state index in [-0.39, 0.29) is 0 Å². The van der Waals surface area contributed by atoms with Crippen molar-refractivity contribution in [3.05, 3.63) is 60.0 Å². The van der Waals surface area contributed by atoms with Gasteiger partial charge < -0.3 is 4.57 Å². The van der Waals surface area contributed by atoms with E-state index in [1.54, 1.807) is 0 Å². The number of fused-ring (bicyclic) bond motifs is 1. The summed E-state index contributed by atoms with van der Waals surface area (Å²) in [7, 11) is 1.99. The Bertz CT molecular complexity index is 968.